The molecule has 558 valence electrons. The van der Waals surface area contributed by atoms with Gasteiger partial charge in [0.15, 0.2) is 11.9 Å². The maximum Gasteiger partial charge on any atom is 0.249 e. The zero-order chi connectivity index (χ0) is 75.7. The number of halogens is 1. The molecule has 3 heterocycles. The number of phenolic OH excluding ortho intramolecular Hbond substituents is 1. The van der Waals surface area contributed by atoms with Crippen LogP contribution in [0.25, 0.3) is 21.8 Å². The second-order valence-corrected chi connectivity index (χ2v) is 26.5. The third-order valence-electron chi connectivity index (χ3n) is 17.4. The van der Waals surface area contributed by atoms with Gasteiger partial charge < -0.3 is 95.4 Å². The van der Waals surface area contributed by atoms with Gasteiger partial charge in [0.25, 0.3) is 0 Å². The molecule has 1 saturated heterocycles. The third-order valence-corrected chi connectivity index (χ3v) is 17.7. The Morgan fingerprint density at radius 3 is 1.58 bits per heavy atom. The minimum atomic E-state index is -1.76. The molecule has 10 atom stereocenters. The van der Waals surface area contributed by atoms with E-state index in [0.717, 1.165) is 21.8 Å². The molecule has 7 rings (SSSR count). The van der Waals surface area contributed by atoms with E-state index in [4.69, 9.17) is 39.6 Å². The molecule has 1 fully saturated rings. The molecule has 0 aliphatic carbocycles. The van der Waals surface area contributed by atoms with Crippen LogP contribution in [0.4, 0.5) is 0 Å². The Balaban J connectivity index is 1.07. The van der Waals surface area contributed by atoms with Crippen molar-refractivity contribution in [1.29, 1.82) is 10.8 Å². The number of hydrogen-bond donors (Lipinski definition) is 20. The van der Waals surface area contributed by atoms with Gasteiger partial charge in [-0.15, -0.1) is 0 Å². The Kier molecular flexibility index (Phi) is 29.9. The van der Waals surface area contributed by atoms with Crippen LogP contribution in [-0.4, -0.2) is 189 Å². The summed E-state index contributed by atoms with van der Waals surface area (Å²) >= 11 is 6.07. The summed E-state index contributed by atoms with van der Waals surface area (Å²) in [5.74, 6) is -10.3. The van der Waals surface area contributed by atoms with Crippen LogP contribution in [0.5, 0.6) is 5.75 Å². The second kappa shape index (κ2) is 38.8. The van der Waals surface area contributed by atoms with Gasteiger partial charge >= 0.3 is 0 Å². The Bertz CT molecular complexity index is 4040. The van der Waals surface area contributed by atoms with Crippen molar-refractivity contribution in [3.63, 3.8) is 0 Å². The number of rotatable bonds is 37. The number of imide groups is 1. The molecule has 2 aromatic heterocycles. The standard InChI is InChI=1S/C71H94ClN19O13/c1-38(2)30-54(63(98)85-53(17-10-28-79-71(76)77)69(104)91-29-11-18-59(91)68(103)82-39(3)60(95)90-66(101)56(83-40(4)93)33-43-35-80-50-14-7-5-12-47(43)50)87-62(97)52(16-9-27-78-70(74)75)84-64(99)55(32-42-21-25-46(94)26-22-42)88-67(102)58(37-92)89-65(100)57(34-44-36-81-51-15-8-6-13-48(44)51)86-61(96)49(73)31-41-19-23-45(72)24-20-41/h5-8,12-15,19-26,35-36,38-39,49,52-59,80-81,92,94H,9-11,16-18,27-34,37,73H2,1-4H3,(H,82,103)(H,83,93)(H,84,99)(H,85,98)(H,86,96)(H,87,97)(H,88,102)(H,89,100)(H4,74,75,78)(H4,76,77,79)(H,90,95,101)/t39-,49-,52-,53+,54+,55+,56-,57-,58+,59+/m1/s1. The average Bonchev–Trinajstić information content (AvgIpc) is 1.71. The van der Waals surface area contributed by atoms with E-state index in [9.17, 15) is 63.0 Å². The number of H-pyrrole nitrogens is 2. The second-order valence-electron chi connectivity index (χ2n) is 26.1. The number of fused-ring (bicyclic) bond motifs is 2. The van der Waals surface area contributed by atoms with Gasteiger partial charge in [-0.1, -0.05) is 86.1 Å². The molecule has 0 spiro atoms. The molecule has 4 aromatic carbocycles. The number of aromatic hydroxyl groups is 1. The number of likely N-dealkylation sites (tertiary alicyclic amines) is 1. The predicted octanol–water partition coefficient (Wildman–Crippen LogP) is -0.277. The Hall–Kier alpha value is -11.1. The zero-order valence-corrected chi connectivity index (χ0v) is 59.0. The quantitative estimate of drug-likeness (QED) is 0.0136. The highest BCUT2D eigenvalue weighted by Gasteiger charge is 2.41. The lowest BCUT2D eigenvalue weighted by atomic mass is 10.00. The van der Waals surface area contributed by atoms with E-state index in [-0.39, 0.29) is 101 Å². The maximum absolute atomic E-state index is 14.9. The first-order valence-electron chi connectivity index (χ1n) is 34.3. The number of phenols is 1. The van der Waals surface area contributed by atoms with Crippen LogP contribution in [-0.2, 0) is 78.4 Å². The number of hydrogen-bond acceptors (Lipinski definition) is 16. The normalized spacial score (nSPS) is 15.3. The number of carbonyl (C=O) groups is 11. The number of aliphatic hydroxyl groups excluding tert-OH is 1. The topological polar surface area (TPSA) is 521 Å². The molecule has 23 N–H and O–H groups in total. The van der Waals surface area contributed by atoms with E-state index >= 15 is 0 Å². The molecular weight excluding hydrogens is 1360 g/mol. The summed E-state index contributed by atoms with van der Waals surface area (Å²) in [5.41, 5.74) is 21.4. The fraction of sp³-hybridized carbons (Fsp3) is 0.423. The Morgan fingerprint density at radius 1 is 0.558 bits per heavy atom. The van der Waals surface area contributed by atoms with Gasteiger partial charge in [-0.2, -0.15) is 0 Å². The molecule has 0 saturated carbocycles. The van der Waals surface area contributed by atoms with Gasteiger partial charge in [0.2, 0.25) is 65.0 Å². The van der Waals surface area contributed by atoms with Gasteiger partial charge in [0.1, 0.15) is 60.1 Å². The number of benzene rings is 4. The smallest absolute Gasteiger partial charge is 0.249 e. The number of nitrogens with zero attached hydrogens (tertiary/aromatic N) is 1. The van der Waals surface area contributed by atoms with Crippen LogP contribution >= 0.6 is 11.6 Å². The van der Waals surface area contributed by atoms with Crippen molar-refractivity contribution in [2.45, 2.75) is 159 Å². The molecule has 0 unspecified atom stereocenters. The van der Waals surface area contributed by atoms with Crippen LogP contribution in [0.2, 0.25) is 5.02 Å². The number of para-hydroxylation sites is 2. The number of nitrogens with one attached hydrogen (secondary N) is 15. The van der Waals surface area contributed by atoms with E-state index in [1.807, 2.05) is 42.5 Å². The van der Waals surface area contributed by atoms with Gasteiger partial charge in [-0.3, -0.25) is 68.9 Å². The van der Waals surface area contributed by atoms with Crippen LogP contribution in [0.3, 0.4) is 0 Å². The molecule has 33 heteroatoms. The Morgan fingerprint density at radius 2 is 1.02 bits per heavy atom. The van der Waals surface area contributed by atoms with Crippen molar-refractivity contribution in [3.05, 3.63) is 137 Å². The Labute approximate surface area is 605 Å². The van der Waals surface area contributed by atoms with E-state index in [2.05, 4.69) is 68.5 Å². The van der Waals surface area contributed by atoms with E-state index in [0.29, 0.717) is 33.7 Å². The van der Waals surface area contributed by atoms with Crippen LogP contribution < -0.4 is 75.7 Å². The number of carbonyl (C=O) groups excluding carboxylic acids is 11. The summed E-state index contributed by atoms with van der Waals surface area (Å²) in [6.45, 7) is 5.25. The van der Waals surface area contributed by atoms with Crippen molar-refractivity contribution >= 4 is 110 Å². The summed E-state index contributed by atoms with van der Waals surface area (Å²) < 4.78 is 0. The molecule has 104 heavy (non-hydrogen) atoms. The van der Waals surface area contributed by atoms with Crippen LogP contribution in [0.1, 0.15) is 94.9 Å². The maximum atomic E-state index is 14.9. The molecule has 32 nitrogen and oxygen atoms in total. The summed E-state index contributed by atoms with van der Waals surface area (Å²) in [6, 6.07) is 13.1. The minimum absolute atomic E-state index is 0.0235. The fourth-order valence-corrected chi connectivity index (χ4v) is 12.2. The number of aliphatic hydroxyl groups is 1. The van der Waals surface area contributed by atoms with Crippen LogP contribution in [0.15, 0.2) is 109 Å². The van der Waals surface area contributed by atoms with Gasteiger partial charge in [0, 0.05) is 85.0 Å². The van der Waals surface area contributed by atoms with E-state index < -0.39 is 138 Å². The van der Waals surface area contributed by atoms with Gasteiger partial charge in [0.05, 0.1) is 12.6 Å². The zero-order valence-electron chi connectivity index (χ0n) is 58.3. The number of guanidine groups is 2. The average molecular weight is 1460 g/mol. The highest BCUT2D eigenvalue weighted by atomic mass is 35.5. The SMILES string of the molecule is CC(=O)N[C@H](Cc1c[nH]c2ccccc12)C(=O)NC(=O)[C@@H](C)NC(=O)[C@@H]1CCCN1C(=O)[C@H](CCCNC(=N)N)NC(=O)[C@H](CC(C)C)NC(=O)[C@@H](CCCNC(=N)N)NC(=O)[C@H](Cc1ccc(O)cc1)NC(=O)[C@H](CO)NC(=O)[C@@H](Cc1c[nH]c2ccccc12)NC(=O)[C@H](N)Cc1ccc(Cl)cc1. The fourth-order valence-electron chi connectivity index (χ4n) is 12.1. The van der Waals surface area contributed by atoms with Crippen molar-refractivity contribution in [2.75, 3.05) is 26.2 Å². The largest absolute Gasteiger partial charge is 0.508 e. The van der Waals surface area contributed by atoms with Gasteiger partial charge in [-0.05, 0) is 123 Å². The van der Waals surface area contributed by atoms with Crippen molar-refractivity contribution in [2.24, 2.45) is 23.1 Å². The lowest BCUT2D eigenvalue weighted by molar-refractivity contribution is -0.143. The first-order chi connectivity index (χ1) is 49.6. The summed E-state index contributed by atoms with van der Waals surface area (Å²) in [5, 5.41) is 67.1. The van der Waals surface area contributed by atoms with Crippen LogP contribution in [0, 0.1) is 16.7 Å². The van der Waals surface area contributed by atoms with Gasteiger partial charge in [-0.25, -0.2) is 0 Å². The first-order valence-corrected chi connectivity index (χ1v) is 34.6. The highest BCUT2D eigenvalue weighted by molar-refractivity contribution is 6.30. The molecule has 11 amide bonds. The molecule has 1 aliphatic rings. The molecular formula is C71H94ClN19O13. The number of amides is 11. The van der Waals surface area contributed by atoms with E-state index in [1.165, 1.54) is 43.0 Å². The monoisotopic (exact) mass is 1460 g/mol. The summed E-state index contributed by atoms with van der Waals surface area (Å²) in [6.07, 6.45) is 3.48. The minimum Gasteiger partial charge on any atom is -0.508 e. The third kappa shape index (κ3) is 24.0. The molecule has 1 aliphatic heterocycles. The lowest BCUT2D eigenvalue weighted by Crippen LogP contribution is -2.61. The number of aromatic amines is 2. The lowest BCUT2D eigenvalue weighted by Gasteiger charge is -2.31. The summed E-state index contributed by atoms with van der Waals surface area (Å²) in [7, 11) is 0. The number of aromatic nitrogens is 2. The molecule has 6 aromatic rings. The molecule has 0 radical (unpaired) electrons. The highest BCUT2D eigenvalue weighted by Crippen LogP contribution is 2.24. The summed E-state index contributed by atoms with van der Waals surface area (Å²) in [4.78, 5) is 163. The van der Waals surface area contributed by atoms with Crippen molar-refractivity contribution in [3.8, 4) is 5.75 Å². The van der Waals surface area contributed by atoms with E-state index in [1.54, 1.807) is 56.6 Å². The molecule has 0 bridgehead atoms. The number of nitrogens with two attached hydrogens (primary N) is 3. The van der Waals surface area contributed by atoms with Crippen molar-refractivity contribution < 1.29 is 63.0 Å². The first kappa shape index (κ1) is 80.2. The predicted molar refractivity (Wildman–Crippen MR) is 388 cm³/mol. The van der Waals surface area contributed by atoms with Crippen molar-refractivity contribution in [1.82, 2.24) is 73.4 Å².